The third kappa shape index (κ3) is 4.36. The second-order valence-corrected chi connectivity index (χ2v) is 9.80. The van der Waals surface area contributed by atoms with Crippen LogP contribution in [0.1, 0.15) is 33.6 Å². The molecular formula is C21H33ClN4O4. The molecule has 1 aromatic rings. The van der Waals surface area contributed by atoms with E-state index in [2.05, 4.69) is 31.2 Å². The highest BCUT2D eigenvalue weighted by Crippen LogP contribution is 2.61. The molecule has 0 aliphatic heterocycles. The third-order valence-electron chi connectivity index (χ3n) is 7.23. The largest absolute Gasteiger partial charge is 0.389 e. The van der Waals surface area contributed by atoms with Gasteiger partial charge in [-0.1, -0.05) is 32.4 Å². The van der Waals surface area contributed by atoms with E-state index >= 15 is 0 Å². The Hall–Kier alpha value is -1.64. The van der Waals surface area contributed by atoms with Gasteiger partial charge in [0.2, 0.25) is 5.91 Å². The van der Waals surface area contributed by atoms with Gasteiger partial charge in [-0.25, -0.2) is 4.68 Å². The van der Waals surface area contributed by atoms with Crippen LogP contribution in [0.15, 0.2) is 11.0 Å². The number of carbonyl (C=O) groups is 1. The molecule has 2 N–H and O–H groups in total. The van der Waals surface area contributed by atoms with Gasteiger partial charge in [0.05, 0.1) is 24.6 Å². The number of likely N-dealkylation sites (N-methyl/N-ethyl adjacent to an activating group) is 1. The predicted molar refractivity (Wildman–Crippen MR) is 116 cm³/mol. The first kappa shape index (κ1) is 23.0. The van der Waals surface area contributed by atoms with Gasteiger partial charge >= 0.3 is 0 Å². The van der Waals surface area contributed by atoms with Crippen molar-refractivity contribution < 1.29 is 14.6 Å². The van der Waals surface area contributed by atoms with Crippen molar-refractivity contribution in [2.75, 3.05) is 32.6 Å². The maximum atomic E-state index is 12.7. The molecule has 9 heteroatoms. The summed E-state index contributed by atoms with van der Waals surface area (Å²) in [6.45, 7) is 6.93. The minimum absolute atomic E-state index is 0.0468. The van der Waals surface area contributed by atoms with Gasteiger partial charge in [0.1, 0.15) is 11.6 Å². The number of fused-ring (bicyclic) bond motifs is 2. The number of halogens is 1. The smallest absolute Gasteiger partial charge is 0.288 e. The van der Waals surface area contributed by atoms with E-state index in [4.69, 9.17) is 16.3 Å². The fourth-order valence-electron chi connectivity index (χ4n) is 5.13. The Kier molecular flexibility index (Phi) is 6.79. The van der Waals surface area contributed by atoms with Gasteiger partial charge in [-0.3, -0.25) is 9.59 Å². The van der Waals surface area contributed by atoms with Crippen LogP contribution in [0.4, 0.5) is 5.69 Å². The van der Waals surface area contributed by atoms with Crippen LogP contribution in [0.2, 0.25) is 5.02 Å². The van der Waals surface area contributed by atoms with E-state index < -0.39 is 11.7 Å². The number of ether oxygens (including phenoxy) is 1. The number of aliphatic hydroxyl groups is 1. The number of hydrogen-bond acceptors (Lipinski definition) is 6. The van der Waals surface area contributed by atoms with Crippen molar-refractivity contribution in [1.29, 1.82) is 0 Å². The zero-order valence-corrected chi connectivity index (χ0v) is 19.1. The summed E-state index contributed by atoms with van der Waals surface area (Å²) in [6, 6.07) is 0.256. The summed E-state index contributed by atoms with van der Waals surface area (Å²) >= 11 is 6.34. The maximum absolute atomic E-state index is 12.7. The second kappa shape index (κ2) is 8.85. The molecule has 3 saturated carbocycles. The molecule has 3 aliphatic rings. The molecule has 0 aromatic carbocycles. The van der Waals surface area contributed by atoms with Crippen molar-refractivity contribution >= 4 is 23.2 Å². The summed E-state index contributed by atoms with van der Waals surface area (Å²) < 4.78 is 5.92. The van der Waals surface area contributed by atoms with Gasteiger partial charge in [-0.15, -0.1) is 0 Å². The van der Waals surface area contributed by atoms with E-state index in [1.54, 1.807) is 7.05 Å². The number of aliphatic hydroxyl groups excluding tert-OH is 1. The Labute approximate surface area is 182 Å². The van der Waals surface area contributed by atoms with Crippen molar-refractivity contribution in [2.24, 2.45) is 23.2 Å². The summed E-state index contributed by atoms with van der Waals surface area (Å²) in [5.74, 6) is 1.49. The molecule has 3 fully saturated rings. The lowest BCUT2D eigenvalue weighted by Crippen LogP contribution is -2.58. The van der Waals surface area contributed by atoms with Crippen molar-refractivity contribution in [2.45, 2.75) is 52.3 Å². The summed E-state index contributed by atoms with van der Waals surface area (Å²) in [5.41, 5.74) is 0.395. The Morgan fingerprint density at radius 1 is 1.50 bits per heavy atom. The quantitative estimate of drug-likeness (QED) is 0.640. The average Bonchev–Trinajstić information content (AvgIpc) is 2.68. The second-order valence-electron chi connectivity index (χ2n) is 9.42. The van der Waals surface area contributed by atoms with Crippen molar-refractivity contribution in [3.8, 4) is 0 Å². The Bertz CT molecular complexity index is 843. The van der Waals surface area contributed by atoms with Crippen LogP contribution in [-0.4, -0.2) is 65.1 Å². The van der Waals surface area contributed by atoms with Crippen LogP contribution < -0.4 is 10.9 Å². The monoisotopic (exact) mass is 440 g/mol. The lowest BCUT2D eigenvalue weighted by Gasteiger charge is -2.62. The fraction of sp³-hybridized carbons (Fsp3) is 0.762. The topological polar surface area (TPSA) is 96.7 Å². The number of aromatic nitrogens is 2. The molecule has 1 heterocycles. The molecule has 1 aromatic heterocycles. The number of nitrogens with one attached hydrogen (secondary N) is 1. The highest BCUT2D eigenvalue weighted by atomic mass is 35.5. The van der Waals surface area contributed by atoms with Gasteiger partial charge in [0, 0.05) is 26.7 Å². The zero-order chi connectivity index (χ0) is 22.2. The van der Waals surface area contributed by atoms with E-state index in [0.29, 0.717) is 28.9 Å². The van der Waals surface area contributed by atoms with E-state index in [9.17, 15) is 14.7 Å². The minimum atomic E-state index is -0.794. The predicted octanol–water partition coefficient (Wildman–Crippen LogP) is 1.84. The lowest BCUT2D eigenvalue weighted by molar-refractivity contribution is -0.132. The highest BCUT2D eigenvalue weighted by Gasteiger charge is 2.56. The average molecular weight is 441 g/mol. The Morgan fingerprint density at radius 3 is 2.80 bits per heavy atom. The van der Waals surface area contributed by atoms with E-state index in [1.807, 2.05) is 0 Å². The maximum Gasteiger partial charge on any atom is 0.288 e. The zero-order valence-electron chi connectivity index (χ0n) is 18.4. The SMILES string of the molecule is COC[C@@H](O)CN(C)C(=O)Cn1ncc(N[C@@H]2C[C@H]3C[C@@H]([C@H]2C)C3(C)C)c(Cl)c1=O. The lowest BCUT2D eigenvalue weighted by atomic mass is 9.45. The van der Waals surface area contributed by atoms with Crippen LogP contribution >= 0.6 is 11.6 Å². The van der Waals surface area contributed by atoms with Gasteiger partial charge in [0.15, 0.2) is 0 Å². The molecule has 0 saturated heterocycles. The van der Waals surface area contributed by atoms with Gasteiger partial charge in [-0.2, -0.15) is 5.10 Å². The van der Waals surface area contributed by atoms with E-state index in [1.165, 1.54) is 24.6 Å². The fourth-order valence-corrected chi connectivity index (χ4v) is 5.33. The summed E-state index contributed by atoms with van der Waals surface area (Å²) in [5, 5.41) is 17.4. The Morgan fingerprint density at radius 2 is 2.20 bits per heavy atom. The third-order valence-corrected chi connectivity index (χ3v) is 7.60. The minimum Gasteiger partial charge on any atom is -0.389 e. The molecule has 3 aliphatic carbocycles. The van der Waals surface area contributed by atoms with Crippen molar-refractivity contribution in [3.63, 3.8) is 0 Å². The van der Waals surface area contributed by atoms with Crippen molar-refractivity contribution in [1.82, 2.24) is 14.7 Å². The molecule has 168 valence electrons. The van der Waals surface area contributed by atoms with E-state index in [0.717, 1.165) is 11.1 Å². The van der Waals surface area contributed by atoms with Crippen LogP contribution in [0.3, 0.4) is 0 Å². The van der Waals surface area contributed by atoms with Gasteiger partial charge < -0.3 is 20.1 Å². The number of amides is 1. The van der Waals surface area contributed by atoms with Crippen molar-refractivity contribution in [3.05, 3.63) is 21.6 Å². The molecule has 0 unspecified atom stereocenters. The standard InChI is InChI=1S/C21H33ClN4O4/c1-12-15-6-13(21(15,2)3)7-16(12)24-17-8-23-26(20(29)19(17)22)10-18(28)25(4)9-14(27)11-30-5/h8,12-16,24,27H,6-7,9-11H2,1-5H3/t12-,13-,14+,15+,16-/m1/s1. The molecule has 4 rings (SSSR count). The molecular weight excluding hydrogens is 408 g/mol. The number of carbonyl (C=O) groups excluding carboxylic acids is 1. The molecule has 30 heavy (non-hydrogen) atoms. The molecule has 0 radical (unpaired) electrons. The van der Waals surface area contributed by atoms with Gasteiger partial charge in [0.25, 0.3) is 5.56 Å². The first-order valence-corrected chi connectivity index (χ1v) is 10.9. The summed E-state index contributed by atoms with van der Waals surface area (Å²) in [7, 11) is 3.03. The number of methoxy groups -OCH3 is 1. The molecule has 8 nitrogen and oxygen atoms in total. The highest BCUT2D eigenvalue weighted by molar-refractivity contribution is 6.32. The van der Waals surface area contributed by atoms with Gasteiger partial charge in [-0.05, 0) is 36.0 Å². The van der Waals surface area contributed by atoms with E-state index in [-0.39, 0.29) is 36.7 Å². The Balaban J connectivity index is 1.65. The first-order valence-electron chi connectivity index (χ1n) is 10.5. The molecule has 0 spiro atoms. The number of anilines is 1. The van der Waals surface area contributed by atoms with Crippen LogP contribution in [0, 0.1) is 23.2 Å². The molecule has 1 amide bonds. The summed E-state index contributed by atoms with van der Waals surface area (Å²) in [4.78, 5) is 26.4. The molecule has 5 atom stereocenters. The van der Waals surface area contributed by atoms with Crippen LogP contribution in [-0.2, 0) is 16.1 Å². The number of nitrogens with zero attached hydrogens (tertiary/aromatic N) is 3. The number of rotatable bonds is 8. The molecule has 2 bridgehead atoms. The summed E-state index contributed by atoms with van der Waals surface area (Å²) in [6.07, 6.45) is 3.05. The first-order chi connectivity index (χ1) is 14.1. The number of hydrogen-bond donors (Lipinski definition) is 2. The normalized spacial score (nSPS) is 27.8. The van der Waals surface area contributed by atoms with Crippen LogP contribution in [0.5, 0.6) is 0 Å². The van der Waals surface area contributed by atoms with Crippen LogP contribution in [0.25, 0.3) is 0 Å².